The molecule has 0 fully saturated rings. The predicted octanol–water partition coefficient (Wildman–Crippen LogP) is 5.03. The molecule has 2 aromatic rings. The van der Waals surface area contributed by atoms with Gasteiger partial charge in [0.2, 0.25) is 11.5 Å². The van der Waals surface area contributed by atoms with Crippen LogP contribution >= 0.6 is 0 Å². The van der Waals surface area contributed by atoms with E-state index in [4.69, 9.17) is 37.9 Å². The number of unbranched alkanes of at least 4 members (excludes halogenated alkanes) is 4. The second-order valence-electron chi connectivity index (χ2n) is 9.58. The van der Waals surface area contributed by atoms with Gasteiger partial charge in [0, 0.05) is 12.6 Å². The molecule has 0 saturated heterocycles. The average molecular weight is 604 g/mol. The molecule has 43 heavy (non-hydrogen) atoms. The van der Waals surface area contributed by atoms with Gasteiger partial charge in [0.25, 0.3) is 0 Å². The summed E-state index contributed by atoms with van der Waals surface area (Å²) in [7, 11) is 11.1. The summed E-state index contributed by atoms with van der Waals surface area (Å²) in [5.41, 5.74) is 1.06. The lowest BCUT2D eigenvalue weighted by Gasteiger charge is -2.17. The fraction of sp³-hybridized carbons (Fsp3) is 0.500. The molecule has 0 aliphatic heterocycles. The average Bonchev–Trinajstić information content (AvgIpc) is 3.03. The van der Waals surface area contributed by atoms with Crippen molar-refractivity contribution in [1.82, 2.24) is 4.90 Å². The van der Waals surface area contributed by atoms with Crippen LogP contribution in [0.15, 0.2) is 30.3 Å². The van der Waals surface area contributed by atoms with E-state index < -0.39 is 11.9 Å². The Kier molecular flexibility index (Phi) is 15.6. The number of esters is 2. The minimum atomic E-state index is -0.454. The molecule has 0 saturated carbocycles. The monoisotopic (exact) mass is 603 g/mol. The maximum Gasteiger partial charge on any atom is 0.338 e. The highest BCUT2D eigenvalue weighted by Crippen LogP contribution is 2.39. The highest BCUT2D eigenvalue weighted by atomic mass is 16.5. The van der Waals surface area contributed by atoms with Gasteiger partial charge in [-0.15, -0.1) is 0 Å². The van der Waals surface area contributed by atoms with Crippen molar-refractivity contribution in [3.8, 4) is 34.5 Å². The van der Waals surface area contributed by atoms with E-state index in [-0.39, 0.29) is 6.61 Å². The molecule has 2 aromatic carbocycles. The fourth-order valence-corrected chi connectivity index (χ4v) is 4.29. The summed E-state index contributed by atoms with van der Waals surface area (Å²) >= 11 is 0. The predicted molar refractivity (Wildman–Crippen MR) is 163 cm³/mol. The Hall–Kier alpha value is -4.12. The number of carbonyl (C=O) groups is 2. The molecule has 238 valence electrons. The van der Waals surface area contributed by atoms with Gasteiger partial charge in [0.05, 0.1) is 54.8 Å². The number of methoxy groups -OCH3 is 6. The minimum absolute atomic E-state index is 0.269. The van der Waals surface area contributed by atoms with E-state index in [9.17, 15) is 9.59 Å². The van der Waals surface area contributed by atoms with E-state index in [0.29, 0.717) is 53.2 Å². The maximum atomic E-state index is 12.5. The second-order valence-corrected chi connectivity index (χ2v) is 9.58. The van der Waals surface area contributed by atoms with Crippen LogP contribution in [0.25, 0.3) is 6.08 Å². The lowest BCUT2D eigenvalue weighted by molar-refractivity contribution is -0.137. The number of ether oxygens (including phenoxy) is 8. The van der Waals surface area contributed by atoms with Crippen molar-refractivity contribution >= 4 is 18.0 Å². The molecule has 0 radical (unpaired) electrons. The van der Waals surface area contributed by atoms with Crippen LogP contribution in [0.1, 0.15) is 48.0 Å². The van der Waals surface area contributed by atoms with Crippen LogP contribution in [-0.4, -0.2) is 92.8 Å². The summed E-state index contributed by atoms with van der Waals surface area (Å²) in [5.74, 6) is 1.87. The molecule has 0 amide bonds. The number of carbonyl (C=O) groups excluding carboxylic acids is 2. The summed E-state index contributed by atoms with van der Waals surface area (Å²) in [5, 5.41) is 0. The Morgan fingerprint density at radius 1 is 0.628 bits per heavy atom. The van der Waals surface area contributed by atoms with Gasteiger partial charge in [0.1, 0.15) is 6.61 Å². The SMILES string of the molecule is COc1cc(/C=C/C(=O)OCCCCCCCN(C)CCOC(=O)c2cc(OC)c(OC)c(OC)c2)cc(OC)c1OC. The fourth-order valence-electron chi connectivity index (χ4n) is 4.29. The van der Waals surface area contributed by atoms with Crippen molar-refractivity contribution < 1.29 is 47.5 Å². The van der Waals surface area contributed by atoms with E-state index in [1.807, 2.05) is 7.05 Å². The number of benzene rings is 2. The van der Waals surface area contributed by atoms with E-state index in [2.05, 4.69) is 4.90 Å². The van der Waals surface area contributed by atoms with Crippen molar-refractivity contribution in [2.45, 2.75) is 32.1 Å². The molecule has 0 N–H and O–H groups in total. The number of hydrogen-bond donors (Lipinski definition) is 0. The third-order valence-electron chi connectivity index (χ3n) is 6.63. The molecule has 0 heterocycles. The molecular weight excluding hydrogens is 558 g/mol. The van der Waals surface area contributed by atoms with Gasteiger partial charge in [-0.1, -0.05) is 19.3 Å². The van der Waals surface area contributed by atoms with Gasteiger partial charge in [-0.25, -0.2) is 9.59 Å². The molecule has 11 heteroatoms. The first-order valence-corrected chi connectivity index (χ1v) is 14.1. The van der Waals surface area contributed by atoms with Crippen LogP contribution in [0.2, 0.25) is 0 Å². The van der Waals surface area contributed by atoms with Crippen molar-refractivity contribution in [1.29, 1.82) is 0 Å². The van der Waals surface area contributed by atoms with Crippen molar-refractivity contribution in [2.75, 3.05) is 76.0 Å². The Bertz CT molecular complexity index is 1150. The molecule has 0 aliphatic rings. The molecule has 0 aromatic heterocycles. The van der Waals surface area contributed by atoms with Crippen LogP contribution in [0.5, 0.6) is 34.5 Å². The Balaban J connectivity index is 1.59. The van der Waals surface area contributed by atoms with Gasteiger partial charge in [0.15, 0.2) is 23.0 Å². The number of hydrogen-bond acceptors (Lipinski definition) is 11. The van der Waals surface area contributed by atoms with Gasteiger partial charge in [-0.3, -0.25) is 0 Å². The standard InChI is InChI=1S/C32H45NO10/c1-33(16-18-43-32(35)24-21-27(38-4)31(41-7)28(22-24)39-5)15-11-9-8-10-12-17-42-29(34)14-13-23-19-25(36-2)30(40-6)26(20-23)37-3/h13-14,19-22H,8-12,15-18H2,1-7H3/b14-13+. The molecular formula is C32H45NO10. The van der Waals surface area contributed by atoms with Gasteiger partial charge < -0.3 is 42.8 Å². The van der Waals surface area contributed by atoms with Gasteiger partial charge >= 0.3 is 11.9 Å². The molecule has 0 atom stereocenters. The normalized spacial score (nSPS) is 10.9. The first kappa shape index (κ1) is 35.1. The van der Waals surface area contributed by atoms with Gasteiger partial charge in [-0.05, 0) is 62.3 Å². The zero-order valence-electron chi connectivity index (χ0n) is 26.4. The number of rotatable bonds is 20. The van der Waals surface area contributed by atoms with E-state index >= 15 is 0 Å². The Labute approximate surface area is 254 Å². The Morgan fingerprint density at radius 2 is 1.14 bits per heavy atom. The van der Waals surface area contributed by atoms with Crippen LogP contribution in [0.4, 0.5) is 0 Å². The minimum Gasteiger partial charge on any atom is -0.493 e. The summed E-state index contributed by atoms with van der Waals surface area (Å²) in [6, 6.07) is 6.66. The quantitative estimate of drug-likeness (QED) is 0.115. The third kappa shape index (κ3) is 11.2. The van der Waals surface area contributed by atoms with Gasteiger partial charge in [-0.2, -0.15) is 0 Å². The number of nitrogens with zero attached hydrogens (tertiary/aromatic N) is 1. The Morgan fingerprint density at radius 3 is 1.67 bits per heavy atom. The number of likely N-dealkylation sites (N-methyl/N-ethyl adjacent to an activating group) is 1. The molecule has 0 spiro atoms. The van der Waals surface area contributed by atoms with E-state index in [0.717, 1.165) is 44.2 Å². The zero-order chi connectivity index (χ0) is 31.6. The van der Waals surface area contributed by atoms with Crippen molar-refractivity contribution in [2.24, 2.45) is 0 Å². The highest BCUT2D eigenvalue weighted by molar-refractivity contribution is 5.91. The lowest BCUT2D eigenvalue weighted by Crippen LogP contribution is -2.25. The van der Waals surface area contributed by atoms with E-state index in [1.165, 1.54) is 34.5 Å². The zero-order valence-corrected chi connectivity index (χ0v) is 26.4. The largest absolute Gasteiger partial charge is 0.493 e. The summed E-state index contributed by atoms with van der Waals surface area (Å²) in [6.07, 6.45) is 7.94. The smallest absolute Gasteiger partial charge is 0.338 e. The summed E-state index contributed by atoms with van der Waals surface area (Å²) in [6.45, 7) is 2.15. The van der Waals surface area contributed by atoms with Crippen molar-refractivity contribution in [3.63, 3.8) is 0 Å². The molecule has 2 rings (SSSR count). The van der Waals surface area contributed by atoms with Crippen LogP contribution < -0.4 is 28.4 Å². The third-order valence-corrected chi connectivity index (χ3v) is 6.63. The molecule has 0 bridgehead atoms. The summed E-state index contributed by atoms with van der Waals surface area (Å²) in [4.78, 5) is 26.8. The van der Waals surface area contributed by atoms with E-state index in [1.54, 1.807) is 44.6 Å². The second kappa shape index (κ2) is 19.1. The van der Waals surface area contributed by atoms with Crippen molar-refractivity contribution in [3.05, 3.63) is 41.5 Å². The molecule has 11 nitrogen and oxygen atoms in total. The molecule has 0 unspecified atom stereocenters. The highest BCUT2D eigenvalue weighted by Gasteiger charge is 2.18. The van der Waals surface area contributed by atoms with Crippen LogP contribution in [-0.2, 0) is 14.3 Å². The van der Waals surface area contributed by atoms with Crippen LogP contribution in [0, 0.1) is 0 Å². The van der Waals surface area contributed by atoms with Crippen LogP contribution in [0.3, 0.4) is 0 Å². The lowest BCUT2D eigenvalue weighted by atomic mass is 10.1. The summed E-state index contributed by atoms with van der Waals surface area (Å²) < 4.78 is 42.6. The first-order chi connectivity index (χ1) is 20.8. The molecule has 0 aliphatic carbocycles. The maximum absolute atomic E-state index is 12.5. The topological polar surface area (TPSA) is 111 Å². The first-order valence-electron chi connectivity index (χ1n) is 14.1.